The van der Waals surface area contributed by atoms with Crippen molar-refractivity contribution < 1.29 is 23.1 Å². The molecule has 7 heteroatoms. The summed E-state index contributed by atoms with van der Waals surface area (Å²) in [5.41, 5.74) is -0.500. The molecule has 0 bridgehead atoms. The van der Waals surface area contributed by atoms with E-state index in [1.165, 1.54) is 12.1 Å². The van der Waals surface area contributed by atoms with Crippen molar-refractivity contribution in [2.24, 2.45) is 0 Å². The van der Waals surface area contributed by atoms with Crippen LogP contribution in [0.5, 0.6) is 0 Å². The quantitative estimate of drug-likeness (QED) is 0.841. The monoisotopic (exact) mass is 378 g/mol. The molecule has 1 amide bonds. The normalized spacial score (nSPS) is 17.7. The van der Waals surface area contributed by atoms with Crippen LogP contribution in [0.1, 0.15) is 31.0 Å². The summed E-state index contributed by atoms with van der Waals surface area (Å²) in [5.74, 6) is -2.77. The predicted octanol–water partition coefficient (Wildman–Crippen LogP) is 3.05. The molecule has 0 spiro atoms. The molecule has 2 atom stereocenters. The van der Waals surface area contributed by atoms with Crippen LogP contribution in [0.2, 0.25) is 0 Å². The van der Waals surface area contributed by atoms with E-state index in [0.717, 1.165) is 17.0 Å². The number of likely N-dealkylation sites (N-methyl/N-ethyl adjacent to an activating group) is 1. The van der Waals surface area contributed by atoms with Crippen LogP contribution in [-0.4, -0.2) is 30.7 Å². The Balaban J connectivity index is 2.23. The summed E-state index contributed by atoms with van der Waals surface area (Å²) < 4.78 is 42.4. The van der Waals surface area contributed by atoms with Gasteiger partial charge in [0.15, 0.2) is 0 Å². The number of anilines is 1. The molecule has 2 aromatic rings. The molecule has 2 N–H and O–H groups in total. The van der Waals surface area contributed by atoms with Crippen molar-refractivity contribution in [2.75, 3.05) is 18.5 Å². The maximum atomic E-state index is 14.7. The number of aliphatic hydroxyl groups is 1. The van der Waals surface area contributed by atoms with Crippen LogP contribution in [0, 0.1) is 17.5 Å². The van der Waals surface area contributed by atoms with Gasteiger partial charge in [0.1, 0.15) is 17.5 Å². The van der Waals surface area contributed by atoms with Crippen molar-refractivity contribution in [3.8, 4) is 0 Å². The number of aliphatic hydroxyl groups excluding tert-OH is 1. The Morgan fingerprint density at radius 1 is 1.15 bits per heavy atom. The van der Waals surface area contributed by atoms with Crippen LogP contribution in [0.15, 0.2) is 36.4 Å². The number of nitrogens with zero attached hydrogens (tertiary/aromatic N) is 1. The van der Waals surface area contributed by atoms with Crippen LogP contribution in [0.25, 0.3) is 0 Å². The van der Waals surface area contributed by atoms with E-state index >= 15 is 0 Å². The summed E-state index contributed by atoms with van der Waals surface area (Å²) in [6, 6.07) is 6.01. The number of para-hydroxylation sites is 1. The molecule has 1 aliphatic rings. The van der Waals surface area contributed by atoms with E-state index in [2.05, 4.69) is 5.32 Å². The Morgan fingerprint density at radius 2 is 1.78 bits per heavy atom. The molecule has 27 heavy (non-hydrogen) atoms. The van der Waals surface area contributed by atoms with Gasteiger partial charge in [-0.3, -0.25) is 9.69 Å². The molecule has 0 unspecified atom stereocenters. The Hall–Kier alpha value is -2.38. The first kappa shape index (κ1) is 19.4. The zero-order chi connectivity index (χ0) is 19.9. The Morgan fingerprint density at radius 3 is 2.37 bits per heavy atom. The average Bonchev–Trinajstić information content (AvgIpc) is 2.77. The minimum Gasteiger partial charge on any atom is -0.389 e. The number of halogens is 3. The molecule has 1 aliphatic heterocycles. The highest BCUT2D eigenvalue weighted by molar-refractivity contribution is 6.08. The number of rotatable bonds is 5. The number of hydrogen-bond acceptors (Lipinski definition) is 3. The van der Waals surface area contributed by atoms with Crippen molar-refractivity contribution in [1.82, 2.24) is 5.32 Å². The number of nitrogens with one attached hydrogen (secondary N) is 1. The summed E-state index contributed by atoms with van der Waals surface area (Å²) in [5, 5.41) is 13.5. The highest BCUT2D eigenvalue weighted by atomic mass is 19.1. The first-order chi connectivity index (χ1) is 12.7. The number of benzene rings is 2. The topological polar surface area (TPSA) is 52.6 Å². The fraction of sp³-hybridized carbons (Fsp3) is 0.350. The lowest BCUT2D eigenvalue weighted by atomic mass is 9.86. The van der Waals surface area contributed by atoms with Crippen molar-refractivity contribution in [1.29, 1.82) is 0 Å². The summed E-state index contributed by atoms with van der Waals surface area (Å²) in [6.45, 7) is 3.35. The number of fused-ring (bicyclic) bond motifs is 1. The highest BCUT2D eigenvalue weighted by Crippen LogP contribution is 2.47. The molecule has 4 nitrogen and oxygen atoms in total. The van der Waals surface area contributed by atoms with Gasteiger partial charge in [-0.05, 0) is 50.2 Å². The van der Waals surface area contributed by atoms with Gasteiger partial charge in [0.25, 0.3) is 0 Å². The number of carbonyl (C=O) groups is 1. The van der Waals surface area contributed by atoms with Gasteiger partial charge < -0.3 is 10.4 Å². The van der Waals surface area contributed by atoms with Gasteiger partial charge in [-0.1, -0.05) is 12.1 Å². The van der Waals surface area contributed by atoms with E-state index in [-0.39, 0.29) is 17.8 Å². The summed E-state index contributed by atoms with van der Waals surface area (Å²) in [6.07, 6.45) is -1.22. The predicted molar refractivity (Wildman–Crippen MR) is 95.9 cm³/mol. The van der Waals surface area contributed by atoms with E-state index in [9.17, 15) is 23.1 Å². The van der Waals surface area contributed by atoms with Crippen LogP contribution >= 0.6 is 0 Å². The number of amides is 1. The molecular formula is C20H21F3N2O2. The maximum absolute atomic E-state index is 14.7. The van der Waals surface area contributed by atoms with E-state index in [4.69, 9.17) is 0 Å². The fourth-order valence-corrected chi connectivity index (χ4v) is 3.66. The van der Waals surface area contributed by atoms with Crippen molar-refractivity contribution in [2.45, 2.75) is 31.4 Å². The second-order valence-electron chi connectivity index (χ2n) is 7.21. The largest absolute Gasteiger partial charge is 0.389 e. The van der Waals surface area contributed by atoms with Crippen LogP contribution in [0.3, 0.4) is 0 Å². The minimum atomic E-state index is -1.22. The first-order valence-corrected chi connectivity index (χ1v) is 8.59. The molecule has 0 fully saturated rings. The molecule has 0 aliphatic carbocycles. The summed E-state index contributed by atoms with van der Waals surface area (Å²) >= 11 is 0. The van der Waals surface area contributed by atoms with Crippen LogP contribution in [-0.2, 0) is 10.2 Å². The Kier molecular flexibility index (Phi) is 5.01. The third-order valence-corrected chi connectivity index (χ3v) is 4.94. The molecule has 144 valence electrons. The third kappa shape index (κ3) is 3.21. The van der Waals surface area contributed by atoms with E-state index < -0.39 is 40.9 Å². The van der Waals surface area contributed by atoms with Crippen LogP contribution in [0.4, 0.5) is 18.9 Å². The van der Waals surface area contributed by atoms with Gasteiger partial charge in [-0.2, -0.15) is 0 Å². The lowest BCUT2D eigenvalue weighted by molar-refractivity contribution is -0.123. The standard InChI is InChI=1S/C20H21F3N2O2/c1-20(2)14-5-4-6-15(23)18(14)25(19(20)27)17(16(26)10-24-3)11-7-12(21)9-13(22)8-11/h4-9,16-17,24,26H,10H2,1-3H3/t16-,17+/m1/s1. The highest BCUT2D eigenvalue weighted by Gasteiger charge is 2.49. The van der Waals surface area contributed by atoms with Crippen molar-refractivity contribution >= 4 is 11.6 Å². The van der Waals surface area contributed by atoms with Gasteiger partial charge in [0.2, 0.25) is 5.91 Å². The van der Waals surface area contributed by atoms with Gasteiger partial charge in [-0.15, -0.1) is 0 Å². The molecular weight excluding hydrogens is 357 g/mol. The van der Waals surface area contributed by atoms with Crippen molar-refractivity contribution in [3.63, 3.8) is 0 Å². The lowest BCUT2D eigenvalue weighted by Crippen LogP contribution is -2.46. The summed E-state index contributed by atoms with van der Waals surface area (Å²) in [7, 11) is 1.59. The summed E-state index contributed by atoms with van der Waals surface area (Å²) in [4.78, 5) is 14.3. The second kappa shape index (κ2) is 6.98. The van der Waals surface area contributed by atoms with E-state index in [1.807, 2.05) is 0 Å². The molecule has 2 aromatic carbocycles. The molecule has 0 saturated heterocycles. The van der Waals surface area contributed by atoms with Gasteiger partial charge in [0.05, 0.1) is 23.2 Å². The van der Waals surface area contributed by atoms with Crippen molar-refractivity contribution in [3.05, 3.63) is 65.0 Å². The van der Waals surface area contributed by atoms with E-state index in [0.29, 0.717) is 11.6 Å². The smallest absolute Gasteiger partial charge is 0.237 e. The zero-order valence-electron chi connectivity index (χ0n) is 15.3. The zero-order valence-corrected chi connectivity index (χ0v) is 15.3. The van der Waals surface area contributed by atoms with Gasteiger partial charge in [0, 0.05) is 12.6 Å². The van der Waals surface area contributed by atoms with E-state index in [1.54, 1.807) is 27.0 Å². The number of carbonyl (C=O) groups excluding carboxylic acids is 1. The molecule has 0 radical (unpaired) electrons. The SMILES string of the molecule is CNC[C@@H](O)[C@H](c1cc(F)cc(F)c1)N1C(=O)C(C)(C)c2cccc(F)c21. The Labute approximate surface area is 155 Å². The maximum Gasteiger partial charge on any atom is 0.237 e. The van der Waals surface area contributed by atoms with Gasteiger partial charge in [-0.25, -0.2) is 13.2 Å². The fourth-order valence-electron chi connectivity index (χ4n) is 3.66. The molecule has 0 aromatic heterocycles. The number of hydrogen-bond donors (Lipinski definition) is 2. The average molecular weight is 378 g/mol. The molecule has 3 rings (SSSR count). The second-order valence-corrected chi connectivity index (χ2v) is 7.21. The van der Waals surface area contributed by atoms with Crippen LogP contribution < -0.4 is 10.2 Å². The third-order valence-electron chi connectivity index (χ3n) is 4.94. The van der Waals surface area contributed by atoms with Gasteiger partial charge >= 0.3 is 0 Å². The minimum absolute atomic E-state index is 0.0253. The molecule has 0 saturated carbocycles. The Bertz CT molecular complexity index is 865. The first-order valence-electron chi connectivity index (χ1n) is 8.59. The molecule has 1 heterocycles. The lowest BCUT2D eigenvalue weighted by Gasteiger charge is -2.34.